The van der Waals surface area contributed by atoms with Crippen LogP contribution in [0.4, 0.5) is 0 Å². The van der Waals surface area contributed by atoms with Gasteiger partial charge in [-0.3, -0.25) is 4.79 Å². The van der Waals surface area contributed by atoms with Gasteiger partial charge in [0.2, 0.25) is 0 Å². The third-order valence-electron chi connectivity index (χ3n) is 4.04. The molecule has 4 rings (SSSR count). The predicted molar refractivity (Wildman–Crippen MR) is 92.0 cm³/mol. The Morgan fingerprint density at radius 3 is 2.57 bits per heavy atom. The van der Waals surface area contributed by atoms with Gasteiger partial charge in [-0.15, -0.1) is 0 Å². The van der Waals surface area contributed by atoms with E-state index < -0.39 is 0 Å². The molecule has 0 saturated heterocycles. The molecule has 112 valence electrons. The highest BCUT2D eigenvalue weighted by atomic mass is 16.5. The molecule has 0 aliphatic rings. The van der Waals surface area contributed by atoms with Crippen LogP contribution in [0.15, 0.2) is 76.1 Å². The maximum Gasteiger partial charge on any atom is 0.200 e. The summed E-state index contributed by atoms with van der Waals surface area (Å²) in [6.07, 6.45) is 1.54. The molecule has 0 N–H and O–H groups in total. The average Bonchev–Trinajstić information content (AvgIpc) is 2.61. The van der Waals surface area contributed by atoms with Crippen LogP contribution in [0.5, 0.6) is 5.75 Å². The van der Waals surface area contributed by atoms with Crippen LogP contribution in [0.2, 0.25) is 0 Å². The Morgan fingerprint density at radius 1 is 0.913 bits per heavy atom. The van der Waals surface area contributed by atoms with Crippen molar-refractivity contribution >= 4 is 21.7 Å². The van der Waals surface area contributed by atoms with Gasteiger partial charge in [0, 0.05) is 0 Å². The fourth-order valence-corrected chi connectivity index (χ4v) is 2.80. The first-order chi connectivity index (χ1) is 11.3. The topological polar surface area (TPSA) is 39.4 Å². The molecule has 4 aromatic rings. The van der Waals surface area contributed by atoms with E-state index in [0.717, 1.165) is 22.1 Å². The molecule has 0 fully saturated rings. The maximum absolute atomic E-state index is 12.7. The highest BCUT2D eigenvalue weighted by Gasteiger charge is 2.09. The number of fused-ring (bicyclic) bond motifs is 2. The van der Waals surface area contributed by atoms with Crippen molar-refractivity contribution in [2.45, 2.75) is 0 Å². The summed E-state index contributed by atoms with van der Waals surface area (Å²) in [4.78, 5) is 12.7. The van der Waals surface area contributed by atoms with E-state index >= 15 is 0 Å². The van der Waals surface area contributed by atoms with Crippen molar-refractivity contribution in [1.82, 2.24) is 0 Å². The zero-order valence-corrected chi connectivity index (χ0v) is 12.6. The summed E-state index contributed by atoms with van der Waals surface area (Å²) in [5, 5.41) is 2.72. The van der Waals surface area contributed by atoms with Gasteiger partial charge in [0.25, 0.3) is 0 Å². The molecular weight excluding hydrogens is 288 g/mol. The third-order valence-corrected chi connectivity index (χ3v) is 4.04. The number of rotatable bonds is 2. The first-order valence-electron chi connectivity index (χ1n) is 7.35. The Balaban J connectivity index is 1.92. The van der Waals surface area contributed by atoms with Crippen LogP contribution in [0, 0.1) is 0 Å². The number of methoxy groups -OCH3 is 1. The lowest BCUT2D eigenvalue weighted by molar-refractivity contribution is 0.415. The molecular formula is C20H14O3. The summed E-state index contributed by atoms with van der Waals surface area (Å²) < 4.78 is 10.8. The minimum Gasteiger partial charge on any atom is -0.497 e. The summed E-state index contributed by atoms with van der Waals surface area (Å²) >= 11 is 0. The molecule has 0 saturated carbocycles. The van der Waals surface area contributed by atoms with Crippen LogP contribution >= 0.6 is 0 Å². The highest BCUT2D eigenvalue weighted by molar-refractivity contribution is 5.89. The standard InChI is InChI=1S/C20H14O3/c1-22-16-9-8-13-10-15(7-6-14(13)11-16)18-12-23-19-5-3-2-4-17(19)20(18)21/h2-12H,1H3. The zero-order valence-electron chi connectivity index (χ0n) is 12.6. The van der Waals surface area contributed by atoms with Crippen molar-refractivity contribution < 1.29 is 9.15 Å². The van der Waals surface area contributed by atoms with Crippen molar-refractivity contribution in [3.8, 4) is 16.9 Å². The molecule has 3 nitrogen and oxygen atoms in total. The van der Waals surface area contributed by atoms with Gasteiger partial charge in [0.1, 0.15) is 17.6 Å². The number of ether oxygens (including phenoxy) is 1. The lowest BCUT2D eigenvalue weighted by Gasteiger charge is -2.06. The molecule has 0 unspecified atom stereocenters. The molecule has 0 atom stereocenters. The number of hydrogen-bond donors (Lipinski definition) is 0. The summed E-state index contributed by atoms with van der Waals surface area (Å²) in [6, 6.07) is 19.1. The second-order valence-corrected chi connectivity index (χ2v) is 5.40. The average molecular weight is 302 g/mol. The van der Waals surface area contributed by atoms with E-state index in [1.165, 1.54) is 6.26 Å². The Bertz CT molecular complexity index is 1080. The van der Waals surface area contributed by atoms with Crippen LogP contribution in [-0.4, -0.2) is 7.11 Å². The molecule has 0 aliphatic carbocycles. The Kier molecular flexibility index (Phi) is 3.12. The van der Waals surface area contributed by atoms with E-state index in [2.05, 4.69) is 0 Å². The monoisotopic (exact) mass is 302 g/mol. The maximum atomic E-state index is 12.7. The summed E-state index contributed by atoms with van der Waals surface area (Å²) in [5.74, 6) is 0.815. The second kappa shape index (κ2) is 5.29. The van der Waals surface area contributed by atoms with Crippen molar-refractivity contribution in [2.24, 2.45) is 0 Å². The van der Waals surface area contributed by atoms with Crippen LogP contribution < -0.4 is 10.2 Å². The Labute approximate surface area is 132 Å². The Hall–Kier alpha value is -3.07. The van der Waals surface area contributed by atoms with Crippen molar-refractivity contribution in [1.29, 1.82) is 0 Å². The van der Waals surface area contributed by atoms with Gasteiger partial charge in [0.15, 0.2) is 5.43 Å². The van der Waals surface area contributed by atoms with Crippen LogP contribution in [0.1, 0.15) is 0 Å². The molecule has 0 spiro atoms. The number of benzene rings is 3. The van der Waals surface area contributed by atoms with Crippen LogP contribution in [-0.2, 0) is 0 Å². The number of hydrogen-bond acceptors (Lipinski definition) is 3. The van der Waals surface area contributed by atoms with Crippen molar-refractivity contribution in [2.75, 3.05) is 7.11 Å². The van der Waals surface area contributed by atoms with E-state index in [1.807, 2.05) is 48.5 Å². The third kappa shape index (κ3) is 2.27. The number of para-hydroxylation sites is 1. The summed E-state index contributed by atoms with van der Waals surface area (Å²) in [6.45, 7) is 0. The second-order valence-electron chi connectivity index (χ2n) is 5.40. The largest absolute Gasteiger partial charge is 0.497 e. The fraction of sp³-hybridized carbons (Fsp3) is 0.0500. The minimum absolute atomic E-state index is 0.0142. The first-order valence-corrected chi connectivity index (χ1v) is 7.35. The summed E-state index contributed by atoms with van der Waals surface area (Å²) in [5.41, 5.74) is 2.01. The molecule has 3 heteroatoms. The van der Waals surface area contributed by atoms with Gasteiger partial charge in [-0.25, -0.2) is 0 Å². The minimum atomic E-state index is -0.0142. The quantitative estimate of drug-likeness (QED) is 0.542. The van der Waals surface area contributed by atoms with Crippen LogP contribution in [0.25, 0.3) is 32.9 Å². The van der Waals surface area contributed by atoms with Crippen molar-refractivity contribution in [3.63, 3.8) is 0 Å². The van der Waals surface area contributed by atoms with E-state index in [9.17, 15) is 4.79 Å². The zero-order chi connectivity index (χ0) is 15.8. The van der Waals surface area contributed by atoms with Crippen molar-refractivity contribution in [3.05, 3.63) is 77.2 Å². The molecule has 0 aliphatic heterocycles. The molecule has 1 aromatic heterocycles. The van der Waals surface area contributed by atoms with Gasteiger partial charge in [-0.2, -0.15) is 0 Å². The van der Waals surface area contributed by atoms with Gasteiger partial charge in [-0.05, 0) is 46.7 Å². The normalized spacial score (nSPS) is 11.0. The van der Waals surface area contributed by atoms with Gasteiger partial charge in [-0.1, -0.05) is 30.3 Å². The van der Waals surface area contributed by atoms with E-state index in [4.69, 9.17) is 9.15 Å². The molecule has 1 heterocycles. The molecule has 0 radical (unpaired) electrons. The first kappa shape index (κ1) is 13.6. The molecule has 3 aromatic carbocycles. The van der Waals surface area contributed by atoms with Gasteiger partial charge < -0.3 is 9.15 Å². The van der Waals surface area contributed by atoms with E-state index in [0.29, 0.717) is 16.5 Å². The van der Waals surface area contributed by atoms with E-state index in [-0.39, 0.29) is 5.43 Å². The lowest BCUT2D eigenvalue weighted by Crippen LogP contribution is -2.04. The summed E-state index contributed by atoms with van der Waals surface area (Å²) in [7, 11) is 1.65. The van der Waals surface area contributed by atoms with Gasteiger partial charge >= 0.3 is 0 Å². The Morgan fingerprint density at radius 2 is 1.70 bits per heavy atom. The molecule has 0 amide bonds. The van der Waals surface area contributed by atoms with Gasteiger partial charge in [0.05, 0.1) is 18.1 Å². The molecule has 0 bridgehead atoms. The predicted octanol–water partition coefficient (Wildman–Crippen LogP) is 4.62. The van der Waals surface area contributed by atoms with Crippen LogP contribution in [0.3, 0.4) is 0 Å². The molecule has 23 heavy (non-hydrogen) atoms. The smallest absolute Gasteiger partial charge is 0.200 e. The highest BCUT2D eigenvalue weighted by Crippen LogP contribution is 2.26. The SMILES string of the molecule is COc1ccc2cc(-c3coc4ccccc4c3=O)ccc2c1. The fourth-order valence-electron chi connectivity index (χ4n) is 2.80. The lowest BCUT2D eigenvalue weighted by atomic mass is 10.0. The van der Waals surface area contributed by atoms with E-state index in [1.54, 1.807) is 19.2 Å².